The van der Waals surface area contributed by atoms with Crippen LogP contribution in [0.4, 0.5) is 0 Å². The Labute approximate surface area is 100 Å². The Morgan fingerprint density at radius 1 is 1.35 bits per heavy atom. The number of fused-ring (bicyclic) bond motifs is 1. The molecule has 0 spiro atoms. The molecule has 0 saturated heterocycles. The molecule has 2 rings (SSSR count). The monoisotopic (exact) mass is 237 g/mol. The average Bonchev–Trinajstić information content (AvgIpc) is 2.49. The maximum absolute atomic E-state index is 12.0. The van der Waals surface area contributed by atoms with Crippen LogP contribution in [-0.4, -0.2) is 20.1 Å². The van der Waals surface area contributed by atoms with E-state index in [-0.39, 0.29) is 23.9 Å². The lowest BCUT2D eigenvalue weighted by atomic mass is 10.1. The van der Waals surface area contributed by atoms with Crippen molar-refractivity contribution in [3.8, 4) is 0 Å². The third-order valence-electron chi connectivity index (χ3n) is 3.23. The fraction of sp³-hybridized carbons (Fsp3) is 0.750. The molecule has 1 aliphatic heterocycles. The molecule has 0 fully saturated rings. The molecule has 0 saturated carbocycles. The second-order valence-corrected chi connectivity index (χ2v) is 4.94. The van der Waals surface area contributed by atoms with Crippen molar-refractivity contribution < 1.29 is 4.79 Å². The molecule has 0 N–H and O–H groups in total. The molecule has 5 heteroatoms. The quantitative estimate of drug-likeness (QED) is 0.788. The molecule has 5 nitrogen and oxygen atoms in total. The standard InChI is InChI=1S/C12H19N3O2/c1-9(2)10(16)8-15-12(17)14-7-5-3-4-6-11(14)13-15/h9H,3-8H2,1-2H3. The van der Waals surface area contributed by atoms with Crippen LogP contribution < -0.4 is 5.69 Å². The summed E-state index contributed by atoms with van der Waals surface area (Å²) in [6.07, 6.45) is 4.09. The van der Waals surface area contributed by atoms with Gasteiger partial charge in [-0.3, -0.25) is 9.36 Å². The lowest BCUT2D eigenvalue weighted by Gasteiger charge is -2.02. The first kappa shape index (κ1) is 12.1. The highest BCUT2D eigenvalue weighted by molar-refractivity contribution is 5.79. The highest BCUT2D eigenvalue weighted by Gasteiger charge is 2.17. The SMILES string of the molecule is CC(C)C(=O)Cn1nc2n(c1=O)CCCCC2. The summed E-state index contributed by atoms with van der Waals surface area (Å²) in [5.74, 6) is 0.841. The number of Topliss-reactive ketones (excluding diaryl/α,β-unsaturated/α-hetero) is 1. The summed E-state index contributed by atoms with van der Waals surface area (Å²) < 4.78 is 3.05. The molecule has 0 aromatic carbocycles. The first-order chi connectivity index (χ1) is 8.09. The minimum Gasteiger partial charge on any atom is -0.297 e. The van der Waals surface area contributed by atoms with E-state index in [4.69, 9.17) is 0 Å². The summed E-state index contributed by atoms with van der Waals surface area (Å²) in [4.78, 5) is 23.7. The van der Waals surface area contributed by atoms with Gasteiger partial charge in [0.25, 0.3) is 0 Å². The number of rotatable bonds is 3. The van der Waals surface area contributed by atoms with Gasteiger partial charge in [-0.25, -0.2) is 9.48 Å². The first-order valence-corrected chi connectivity index (χ1v) is 6.29. The zero-order chi connectivity index (χ0) is 12.4. The zero-order valence-corrected chi connectivity index (χ0v) is 10.5. The van der Waals surface area contributed by atoms with Crippen molar-refractivity contribution in [2.75, 3.05) is 0 Å². The molecule has 0 amide bonds. The summed E-state index contributed by atoms with van der Waals surface area (Å²) >= 11 is 0. The van der Waals surface area contributed by atoms with E-state index >= 15 is 0 Å². The molecule has 0 bridgehead atoms. The molecule has 0 radical (unpaired) electrons. The van der Waals surface area contributed by atoms with E-state index in [1.807, 2.05) is 13.8 Å². The van der Waals surface area contributed by atoms with E-state index in [0.29, 0.717) is 0 Å². The first-order valence-electron chi connectivity index (χ1n) is 6.29. The molecule has 1 aromatic rings. The van der Waals surface area contributed by atoms with Crippen molar-refractivity contribution in [2.24, 2.45) is 5.92 Å². The van der Waals surface area contributed by atoms with Crippen molar-refractivity contribution in [1.82, 2.24) is 14.3 Å². The van der Waals surface area contributed by atoms with Crippen LogP contribution in [0.3, 0.4) is 0 Å². The number of ketones is 1. The second kappa shape index (κ2) is 4.85. The number of hydrogen-bond donors (Lipinski definition) is 0. The van der Waals surface area contributed by atoms with E-state index in [0.717, 1.165) is 38.1 Å². The Bertz CT molecular complexity index is 471. The van der Waals surface area contributed by atoms with Gasteiger partial charge in [0.2, 0.25) is 0 Å². The van der Waals surface area contributed by atoms with Crippen LogP contribution in [0.1, 0.15) is 38.9 Å². The summed E-state index contributed by atoms with van der Waals surface area (Å²) in [5, 5.41) is 4.28. The third-order valence-corrected chi connectivity index (χ3v) is 3.23. The number of carbonyl (C=O) groups is 1. The Morgan fingerprint density at radius 3 is 2.82 bits per heavy atom. The predicted molar refractivity (Wildman–Crippen MR) is 63.9 cm³/mol. The summed E-state index contributed by atoms with van der Waals surface area (Å²) in [7, 11) is 0. The van der Waals surface area contributed by atoms with E-state index in [9.17, 15) is 9.59 Å². The summed E-state index contributed by atoms with van der Waals surface area (Å²) in [5.41, 5.74) is -0.129. The van der Waals surface area contributed by atoms with Crippen LogP contribution >= 0.6 is 0 Å². The van der Waals surface area contributed by atoms with Gasteiger partial charge in [-0.15, -0.1) is 0 Å². The Morgan fingerprint density at radius 2 is 2.12 bits per heavy atom. The number of nitrogens with zero attached hydrogens (tertiary/aromatic N) is 3. The van der Waals surface area contributed by atoms with Crippen molar-refractivity contribution in [3.63, 3.8) is 0 Å². The number of hydrogen-bond acceptors (Lipinski definition) is 3. The smallest absolute Gasteiger partial charge is 0.297 e. The van der Waals surface area contributed by atoms with E-state index in [1.165, 1.54) is 4.68 Å². The molecule has 1 aliphatic rings. The van der Waals surface area contributed by atoms with Gasteiger partial charge in [0.05, 0.1) is 0 Å². The average molecular weight is 237 g/mol. The lowest BCUT2D eigenvalue weighted by Crippen LogP contribution is -2.29. The Kier molecular flexibility index (Phi) is 3.45. The van der Waals surface area contributed by atoms with Crippen molar-refractivity contribution in [2.45, 2.75) is 52.6 Å². The lowest BCUT2D eigenvalue weighted by molar-refractivity contribution is -0.122. The van der Waals surface area contributed by atoms with Crippen molar-refractivity contribution in [1.29, 1.82) is 0 Å². The topological polar surface area (TPSA) is 56.9 Å². The van der Waals surface area contributed by atoms with Crippen LogP contribution in [0, 0.1) is 5.92 Å². The van der Waals surface area contributed by atoms with Crippen molar-refractivity contribution in [3.05, 3.63) is 16.3 Å². The maximum Gasteiger partial charge on any atom is 0.346 e. The van der Waals surface area contributed by atoms with Crippen molar-refractivity contribution >= 4 is 5.78 Å². The summed E-state index contributed by atoms with van der Waals surface area (Å²) in [6.45, 7) is 4.53. The van der Waals surface area contributed by atoms with Gasteiger partial charge in [0.15, 0.2) is 5.78 Å². The molecule has 1 aromatic heterocycles. The van der Waals surface area contributed by atoms with Crippen LogP contribution in [0.2, 0.25) is 0 Å². The fourth-order valence-corrected chi connectivity index (χ4v) is 2.06. The molecular weight excluding hydrogens is 218 g/mol. The molecule has 94 valence electrons. The maximum atomic E-state index is 12.0. The Hall–Kier alpha value is -1.39. The molecular formula is C12H19N3O2. The van der Waals surface area contributed by atoms with Gasteiger partial charge in [-0.05, 0) is 12.8 Å². The van der Waals surface area contributed by atoms with Gasteiger partial charge in [-0.2, -0.15) is 5.10 Å². The number of carbonyl (C=O) groups excluding carboxylic acids is 1. The van der Waals surface area contributed by atoms with Gasteiger partial charge >= 0.3 is 5.69 Å². The second-order valence-electron chi connectivity index (χ2n) is 4.94. The minimum atomic E-state index is -0.129. The highest BCUT2D eigenvalue weighted by Crippen LogP contribution is 2.10. The molecule has 2 heterocycles. The van der Waals surface area contributed by atoms with E-state index < -0.39 is 0 Å². The van der Waals surface area contributed by atoms with Gasteiger partial charge in [0, 0.05) is 18.9 Å². The summed E-state index contributed by atoms with van der Waals surface area (Å²) in [6, 6.07) is 0. The normalized spacial score (nSPS) is 15.7. The van der Waals surface area contributed by atoms with Gasteiger partial charge < -0.3 is 0 Å². The van der Waals surface area contributed by atoms with Crippen LogP contribution in [0.25, 0.3) is 0 Å². The van der Waals surface area contributed by atoms with Gasteiger partial charge in [0.1, 0.15) is 12.4 Å². The Balaban J connectivity index is 2.25. The molecule has 0 unspecified atom stereocenters. The molecule has 0 aliphatic carbocycles. The largest absolute Gasteiger partial charge is 0.346 e. The minimum absolute atomic E-state index is 0.0524. The van der Waals surface area contributed by atoms with Crippen LogP contribution in [0.15, 0.2) is 4.79 Å². The highest BCUT2D eigenvalue weighted by atomic mass is 16.2. The van der Waals surface area contributed by atoms with Crippen LogP contribution in [-0.2, 0) is 24.3 Å². The van der Waals surface area contributed by atoms with Gasteiger partial charge in [-0.1, -0.05) is 20.3 Å². The van der Waals surface area contributed by atoms with Crippen LogP contribution in [0.5, 0.6) is 0 Å². The predicted octanol–water partition coefficient (Wildman–Crippen LogP) is 0.996. The van der Waals surface area contributed by atoms with E-state index in [1.54, 1.807) is 4.57 Å². The number of aromatic nitrogens is 3. The zero-order valence-electron chi connectivity index (χ0n) is 10.5. The van der Waals surface area contributed by atoms with E-state index in [2.05, 4.69) is 5.10 Å². The molecule has 17 heavy (non-hydrogen) atoms. The number of aryl methyl sites for hydroxylation is 1. The third kappa shape index (κ3) is 2.48. The molecule has 0 atom stereocenters. The fourth-order valence-electron chi connectivity index (χ4n) is 2.06.